The monoisotopic (exact) mass is 297 g/mol. The fourth-order valence-electron chi connectivity index (χ4n) is 2.93. The van der Waals surface area contributed by atoms with E-state index >= 15 is 0 Å². The van der Waals surface area contributed by atoms with E-state index in [1.165, 1.54) is 28.9 Å². The molecule has 2 aromatic rings. The van der Waals surface area contributed by atoms with Crippen LogP contribution in [0, 0.1) is 6.92 Å². The fourth-order valence-corrected chi connectivity index (χ4v) is 3.73. The lowest BCUT2D eigenvalue weighted by Gasteiger charge is -2.36. The van der Waals surface area contributed by atoms with Gasteiger partial charge >= 0.3 is 0 Å². The second kappa shape index (κ2) is 7.15. The minimum atomic E-state index is 0.715. The van der Waals surface area contributed by atoms with E-state index in [1.807, 2.05) is 11.8 Å². The molecule has 0 unspecified atom stereocenters. The highest BCUT2D eigenvalue weighted by atomic mass is 32.2. The molecule has 2 aromatic carbocycles. The van der Waals surface area contributed by atoms with Gasteiger partial charge in [-0.05, 0) is 43.4 Å². The molecule has 0 saturated heterocycles. The van der Waals surface area contributed by atoms with Crippen LogP contribution in [-0.4, -0.2) is 18.3 Å². The molecule has 0 atom stereocenters. The van der Waals surface area contributed by atoms with Crippen molar-refractivity contribution in [2.75, 3.05) is 12.3 Å². The van der Waals surface area contributed by atoms with E-state index in [-0.39, 0.29) is 0 Å². The normalized spacial score (nSPS) is 21.0. The quantitative estimate of drug-likeness (QED) is 0.616. The maximum Gasteiger partial charge on any atom is 0.0106 e. The molecule has 110 valence electrons. The van der Waals surface area contributed by atoms with E-state index in [4.69, 9.17) is 0 Å². The average molecular weight is 297 g/mol. The molecule has 0 spiro atoms. The van der Waals surface area contributed by atoms with Gasteiger partial charge in [0.05, 0.1) is 0 Å². The Bertz CT molecular complexity index is 561. The number of aryl methyl sites for hydroxylation is 1. The minimum Gasteiger partial charge on any atom is -0.313 e. The van der Waals surface area contributed by atoms with Gasteiger partial charge in [-0.1, -0.05) is 48.0 Å². The zero-order valence-corrected chi connectivity index (χ0v) is 13.4. The van der Waals surface area contributed by atoms with E-state index < -0.39 is 0 Å². The zero-order valence-electron chi connectivity index (χ0n) is 12.6. The molecule has 0 amide bonds. The summed E-state index contributed by atoms with van der Waals surface area (Å²) in [6.45, 7) is 3.28. The number of benzene rings is 2. The Morgan fingerprint density at radius 2 is 1.86 bits per heavy atom. The van der Waals surface area contributed by atoms with Gasteiger partial charge in [-0.3, -0.25) is 0 Å². The summed E-state index contributed by atoms with van der Waals surface area (Å²) >= 11 is 1.93. The molecule has 0 aromatic heterocycles. The Hall–Kier alpha value is -1.25. The predicted octanol–water partition coefficient (Wildman–Crippen LogP) is 4.62. The van der Waals surface area contributed by atoms with Crippen molar-refractivity contribution in [3.8, 4) is 0 Å². The van der Waals surface area contributed by atoms with Crippen molar-refractivity contribution in [3.05, 3.63) is 65.7 Å². The lowest BCUT2D eigenvalue weighted by atomic mass is 9.75. The molecule has 1 saturated carbocycles. The molecule has 0 radical (unpaired) electrons. The van der Waals surface area contributed by atoms with Crippen LogP contribution < -0.4 is 5.32 Å². The van der Waals surface area contributed by atoms with Crippen LogP contribution in [0.5, 0.6) is 0 Å². The van der Waals surface area contributed by atoms with Gasteiger partial charge < -0.3 is 5.32 Å². The highest BCUT2D eigenvalue weighted by molar-refractivity contribution is 7.99. The molecule has 1 fully saturated rings. The molecular formula is C19H23NS. The van der Waals surface area contributed by atoms with Gasteiger partial charge in [0, 0.05) is 23.2 Å². The lowest BCUT2D eigenvalue weighted by Crippen LogP contribution is -2.41. The first-order valence-electron chi connectivity index (χ1n) is 7.79. The number of nitrogens with one attached hydrogen (secondary N) is 1. The van der Waals surface area contributed by atoms with Crippen molar-refractivity contribution in [2.24, 2.45) is 0 Å². The molecule has 2 heteroatoms. The van der Waals surface area contributed by atoms with Crippen molar-refractivity contribution in [3.63, 3.8) is 0 Å². The molecule has 0 heterocycles. The average Bonchev–Trinajstić information content (AvgIpc) is 2.46. The Morgan fingerprint density at radius 3 is 2.62 bits per heavy atom. The highest BCUT2D eigenvalue weighted by Crippen LogP contribution is 2.37. The first-order valence-corrected chi connectivity index (χ1v) is 8.77. The summed E-state index contributed by atoms with van der Waals surface area (Å²) in [5.41, 5.74) is 2.90. The fraction of sp³-hybridized carbons (Fsp3) is 0.368. The van der Waals surface area contributed by atoms with Crippen LogP contribution in [0.15, 0.2) is 59.5 Å². The van der Waals surface area contributed by atoms with Crippen LogP contribution in [0.2, 0.25) is 0 Å². The summed E-state index contributed by atoms with van der Waals surface area (Å²) in [4.78, 5) is 1.37. The Labute approximate surface area is 132 Å². The van der Waals surface area contributed by atoms with Gasteiger partial charge in [0.1, 0.15) is 0 Å². The topological polar surface area (TPSA) is 12.0 Å². The second-order valence-corrected chi connectivity index (χ2v) is 7.06. The van der Waals surface area contributed by atoms with E-state index in [0.717, 1.165) is 18.2 Å². The molecule has 0 aliphatic heterocycles. The van der Waals surface area contributed by atoms with Crippen molar-refractivity contribution < 1.29 is 0 Å². The van der Waals surface area contributed by atoms with Crippen molar-refractivity contribution in [1.29, 1.82) is 0 Å². The number of rotatable bonds is 6. The second-order valence-electron chi connectivity index (χ2n) is 5.90. The van der Waals surface area contributed by atoms with E-state index in [1.54, 1.807) is 0 Å². The Kier molecular flexibility index (Phi) is 5.00. The summed E-state index contributed by atoms with van der Waals surface area (Å²) in [6, 6.07) is 20.3. The zero-order chi connectivity index (χ0) is 14.5. The Morgan fingerprint density at radius 1 is 1.05 bits per heavy atom. The van der Waals surface area contributed by atoms with Crippen LogP contribution in [0.1, 0.15) is 29.9 Å². The summed E-state index contributed by atoms with van der Waals surface area (Å²) < 4.78 is 0. The Balaban J connectivity index is 1.34. The van der Waals surface area contributed by atoms with Crippen molar-refractivity contribution >= 4 is 11.8 Å². The summed E-state index contributed by atoms with van der Waals surface area (Å²) in [5, 5.41) is 3.68. The van der Waals surface area contributed by atoms with Gasteiger partial charge in [0.2, 0.25) is 0 Å². The standard InChI is InChI=1S/C19H23NS/c1-15-6-5-7-16(12-15)17-13-18(14-17)20-10-11-21-19-8-3-2-4-9-19/h2-9,12,17-18,20H,10-11,13-14H2,1H3. The van der Waals surface area contributed by atoms with Crippen LogP contribution in [0.4, 0.5) is 0 Å². The van der Waals surface area contributed by atoms with Crippen LogP contribution in [0.3, 0.4) is 0 Å². The SMILES string of the molecule is Cc1cccc(C2CC(NCCSc3ccccc3)C2)c1. The highest BCUT2D eigenvalue weighted by Gasteiger charge is 2.29. The smallest absolute Gasteiger partial charge is 0.0106 e. The van der Waals surface area contributed by atoms with Gasteiger partial charge in [0.15, 0.2) is 0 Å². The summed E-state index contributed by atoms with van der Waals surface area (Å²) in [5.74, 6) is 1.92. The predicted molar refractivity (Wildman–Crippen MR) is 92.1 cm³/mol. The maximum atomic E-state index is 3.68. The maximum absolute atomic E-state index is 3.68. The largest absolute Gasteiger partial charge is 0.313 e. The third kappa shape index (κ3) is 4.12. The number of thioether (sulfide) groups is 1. The van der Waals surface area contributed by atoms with E-state index in [9.17, 15) is 0 Å². The van der Waals surface area contributed by atoms with Gasteiger partial charge in [-0.2, -0.15) is 0 Å². The molecule has 21 heavy (non-hydrogen) atoms. The van der Waals surface area contributed by atoms with Crippen molar-refractivity contribution in [1.82, 2.24) is 5.32 Å². The van der Waals surface area contributed by atoms with E-state index in [0.29, 0.717) is 6.04 Å². The van der Waals surface area contributed by atoms with Crippen LogP contribution >= 0.6 is 11.8 Å². The molecule has 1 N–H and O–H groups in total. The van der Waals surface area contributed by atoms with Gasteiger partial charge in [-0.25, -0.2) is 0 Å². The first-order chi connectivity index (χ1) is 10.3. The minimum absolute atomic E-state index is 0.715. The van der Waals surface area contributed by atoms with Crippen molar-refractivity contribution in [2.45, 2.75) is 36.6 Å². The number of hydrogen-bond acceptors (Lipinski definition) is 2. The molecular weight excluding hydrogens is 274 g/mol. The third-order valence-electron chi connectivity index (χ3n) is 4.20. The summed E-state index contributed by atoms with van der Waals surface area (Å²) in [7, 11) is 0. The lowest BCUT2D eigenvalue weighted by molar-refractivity contribution is 0.296. The molecule has 1 nitrogen and oxygen atoms in total. The molecule has 0 bridgehead atoms. The van der Waals surface area contributed by atoms with E-state index in [2.05, 4.69) is 66.8 Å². The summed E-state index contributed by atoms with van der Waals surface area (Å²) in [6.07, 6.45) is 2.58. The molecule has 3 rings (SSSR count). The van der Waals surface area contributed by atoms with Gasteiger partial charge in [-0.15, -0.1) is 11.8 Å². The number of hydrogen-bond donors (Lipinski definition) is 1. The molecule has 1 aliphatic rings. The van der Waals surface area contributed by atoms with Gasteiger partial charge in [0.25, 0.3) is 0 Å². The first kappa shape index (κ1) is 14.7. The molecule has 1 aliphatic carbocycles. The van der Waals surface area contributed by atoms with Crippen LogP contribution in [0.25, 0.3) is 0 Å². The van der Waals surface area contributed by atoms with Crippen LogP contribution in [-0.2, 0) is 0 Å². The third-order valence-corrected chi connectivity index (χ3v) is 5.21.